The molecule has 0 aliphatic carbocycles. The lowest BCUT2D eigenvalue weighted by Gasteiger charge is -2.16. The van der Waals surface area contributed by atoms with Crippen molar-refractivity contribution in [1.82, 2.24) is 15.1 Å². The maximum Gasteiger partial charge on any atom is 0.0662 e. The minimum Gasteiger partial charge on any atom is -0.310 e. The molecule has 0 radical (unpaired) electrons. The normalized spacial score (nSPS) is 12.8. The molecule has 1 N–H and O–H groups in total. The minimum atomic E-state index is 0.538. The third-order valence-electron chi connectivity index (χ3n) is 4.16. The van der Waals surface area contributed by atoms with Crippen molar-refractivity contribution < 1.29 is 0 Å². The minimum absolute atomic E-state index is 0.538. The van der Waals surface area contributed by atoms with Gasteiger partial charge in [-0.25, -0.2) is 0 Å². The van der Waals surface area contributed by atoms with Crippen LogP contribution in [-0.2, 0) is 13.1 Å². The van der Waals surface area contributed by atoms with Crippen LogP contribution in [0.5, 0.6) is 0 Å². The summed E-state index contributed by atoms with van der Waals surface area (Å²) in [5.41, 5.74) is 5.04. The summed E-state index contributed by atoms with van der Waals surface area (Å²) in [4.78, 5) is 0. The molecule has 1 heterocycles. The van der Waals surface area contributed by atoms with Gasteiger partial charge in [-0.05, 0) is 38.7 Å². The van der Waals surface area contributed by atoms with Crippen molar-refractivity contribution in [2.75, 3.05) is 0 Å². The molecule has 1 atom stereocenters. The van der Waals surface area contributed by atoms with E-state index in [9.17, 15) is 0 Å². The van der Waals surface area contributed by atoms with Gasteiger partial charge >= 0.3 is 0 Å². The van der Waals surface area contributed by atoms with E-state index in [2.05, 4.69) is 74.9 Å². The van der Waals surface area contributed by atoms with Gasteiger partial charge in [0.2, 0.25) is 0 Å². The first-order chi connectivity index (χ1) is 10.5. The average Bonchev–Trinajstić information content (AvgIpc) is 2.72. The number of rotatable bonds is 7. The molecule has 0 saturated heterocycles. The lowest BCUT2D eigenvalue weighted by atomic mass is 10.0. The monoisotopic (exact) mass is 299 g/mol. The number of nitrogens with one attached hydrogen (secondary N) is 1. The van der Waals surface area contributed by atoms with E-state index < -0.39 is 0 Å². The Balaban J connectivity index is 2.04. The summed E-state index contributed by atoms with van der Waals surface area (Å²) in [6.07, 6.45) is 1.20. The molecule has 120 valence electrons. The van der Waals surface area contributed by atoms with Crippen molar-refractivity contribution in [3.63, 3.8) is 0 Å². The first-order valence-electron chi connectivity index (χ1n) is 8.27. The third kappa shape index (κ3) is 4.44. The molecule has 0 saturated carbocycles. The van der Waals surface area contributed by atoms with Crippen molar-refractivity contribution in [2.45, 2.75) is 60.2 Å². The molecule has 22 heavy (non-hydrogen) atoms. The highest BCUT2D eigenvalue weighted by Crippen LogP contribution is 2.15. The highest BCUT2D eigenvalue weighted by molar-refractivity contribution is 5.26. The number of nitrogens with zero attached hydrogens (tertiary/aromatic N) is 2. The summed E-state index contributed by atoms with van der Waals surface area (Å²) in [6.45, 7) is 12.8. The second-order valence-corrected chi connectivity index (χ2v) is 6.70. The molecule has 3 heteroatoms. The predicted molar refractivity (Wildman–Crippen MR) is 93.0 cm³/mol. The van der Waals surface area contributed by atoms with Crippen LogP contribution in [0, 0.1) is 19.8 Å². The molecule has 0 fully saturated rings. The molecule has 0 bridgehead atoms. The van der Waals surface area contributed by atoms with Gasteiger partial charge in [0.1, 0.15) is 0 Å². The van der Waals surface area contributed by atoms with Gasteiger partial charge in [0.15, 0.2) is 0 Å². The van der Waals surface area contributed by atoms with Crippen LogP contribution in [0.25, 0.3) is 0 Å². The number of hydrogen-bond acceptors (Lipinski definition) is 2. The van der Waals surface area contributed by atoms with Crippen LogP contribution in [0.2, 0.25) is 0 Å². The van der Waals surface area contributed by atoms with E-state index >= 15 is 0 Å². The van der Waals surface area contributed by atoms with E-state index in [1.807, 2.05) is 0 Å². The fraction of sp³-hybridized carbons (Fsp3) is 0.526. The maximum absolute atomic E-state index is 4.72. The van der Waals surface area contributed by atoms with Gasteiger partial charge in [0, 0.05) is 23.8 Å². The lowest BCUT2D eigenvalue weighted by molar-refractivity contribution is 0.440. The van der Waals surface area contributed by atoms with Crippen molar-refractivity contribution in [1.29, 1.82) is 0 Å². The SMILES string of the molecule is Cc1nn(Cc2ccccc2)c(C)c1CNC(C)CC(C)C. The fourth-order valence-electron chi connectivity index (χ4n) is 2.97. The van der Waals surface area contributed by atoms with Gasteiger partial charge in [0.25, 0.3) is 0 Å². The van der Waals surface area contributed by atoms with Gasteiger partial charge < -0.3 is 5.32 Å². The Morgan fingerprint density at radius 2 is 1.77 bits per heavy atom. The number of benzene rings is 1. The number of aromatic nitrogens is 2. The lowest BCUT2D eigenvalue weighted by Crippen LogP contribution is -2.27. The number of aryl methyl sites for hydroxylation is 1. The standard InChI is InChI=1S/C19H29N3/c1-14(2)11-15(3)20-12-19-16(4)21-22(17(19)5)13-18-9-7-6-8-10-18/h6-10,14-15,20H,11-13H2,1-5H3. The molecular weight excluding hydrogens is 270 g/mol. The molecule has 0 aliphatic heterocycles. The van der Waals surface area contributed by atoms with E-state index in [1.165, 1.54) is 23.2 Å². The molecule has 1 aromatic carbocycles. The highest BCUT2D eigenvalue weighted by atomic mass is 15.3. The Labute approximate surface area is 134 Å². The summed E-state index contributed by atoms with van der Waals surface area (Å²) in [5.74, 6) is 0.727. The summed E-state index contributed by atoms with van der Waals surface area (Å²) < 4.78 is 2.12. The molecule has 1 aromatic heterocycles. The van der Waals surface area contributed by atoms with E-state index in [1.54, 1.807) is 0 Å². The summed E-state index contributed by atoms with van der Waals surface area (Å²) in [6, 6.07) is 11.1. The Morgan fingerprint density at radius 3 is 2.41 bits per heavy atom. The van der Waals surface area contributed by atoms with E-state index in [0.717, 1.165) is 24.7 Å². The molecule has 0 aliphatic rings. The van der Waals surface area contributed by atoms with Gasteiger partial charge in [-0.2, -0.15) is 5.10 Å². The van der Waals surface area contributed by atoms with Gasteiger partial charge in [-0.3, -0.25) is 4.68 Å². The molecule has 0 amide bonds. The largest absolute Gasteiger partial charge is 0.310 e. The van der Waals surface area contributed by atoms with Crippen molar-refractivity contribution in [3.05, 3.63) is 52.8 Å². The zero-order chi connectivity index (χ0) is 16.1. The first-order valence-corrected chi connectivity index (χ1v) is 8.27. The first kappa shape index (κ1) is 16.8. The van der Waals surface area contributed by atoms with Crippen LogP contribution < -0.4 is 5.32 Å². The van der Waals surface area contributed by atoms with Crippen LogP contribution in [0.1, 0.15) is 49.7 Å². The van der Waals surface area contributed by atoms with E-state index in [4.69, 9.17) is 5.10 Å². The topological polar surface area (TPSA) is 29.9 Å². The van der Waals surface area contributed by atoms with Crippen LogP contribution >= 0.6 is 0 Å². The Morgan fingerprint density at radius 1 is 1.09 bits per heavy atom. The van der Waals surface area contributed by atoms with Gasteiger partial charge in [0.05, 0.1) is 12.2 Å². The van der Waals surface area contributed by atoms with Crippen LogP contribution in [-0.4, -0.2) is 15.8 Å². The molecule has 1 unspecified atom stereocenters. The van der Waals surface area contributed by atoms with E-state index in [-0.39, 0.29) is 0 Å². The van der Waals surface area contributed by atoms with Crippen molar-refractivity contribution in [2.24, 2.45) is 5.92 Å². The van der Waals surface area contributed by atoms with E-state index in [0.29, 0.717) is 6.04 Å². The highest BCUT2D eigenvalue weighted by Gasteiger charge is 2.13. The van der Waals surface area contributed by atoms with Crippen LogP contribution in [0.3, 0.4) is 0 Å². The number of hydrogen-bond donors (Lipinski definition) is 1. The average molecular weight is 299 g/mol. The van der Waals surface area contributed by atoms with Crippen molar-refractivity contribution in [3.8, 4) is 0 Å². The molecular formula is C19H29N3. The van der Waals surface area contributed by atoms with Crippen LogP contribution in [0.15, 0.2) is 30.3 Å². The molecule has 2 rings (SSSR count). The third-order valence-corrected chi connectivity index (χ3v) is 4.16. The smallest absolute Gasteiger partial charge is 0.0662 e. The second-order valence-electron chi connectivity index (χ2n) is 6.70. The van der Waals surface area contributed by atoms with Gasteiger partial charge in [-0.1, -0.05) is 44.2 Å². The van der Waals surface area contributed by atoms with Crippen LogP contribution in [0.4, 0.5) is 0 Å². The van der Waals surface area contributed by atoms with Crippen molar-refractivity contribution >= 4 is 0 Å². The molecule has 3 nitrogen and oxygen atoms in total. The summed E-state index contributed by atoms with van der Waals surface area (Å²) in [5, 5.41) is 8.36. The zero-order valence-electron chi connectivity index (χ0n) is 14.6. The zero-order valence-corrected chi connectivity index (χ0v) is 14.6. The molecule has 0 spiro atoms. The Kier molecular flexibility index (Phi) is 5.78. The molecule has 2 aromatic rings. The fourth-order valence-corrected chi connectivity index (χ4v) is 2.97. The van der Waals surface area contributed by atoms with Gasteiger partial charge in [-0.15, -0.1) is 0 Å². The predicted octanol–water partition coefficient (Wildman–Crippen LogP) is 4.07. The summed E-state index contributed by atoms with van der Waals surface area (Å²) in [7, 11) is 0. The maximum atomic E-state index is 4.72. The quantitative estimate of drug-likeness (QED) is 0.835. The second kappa shape index (κ2) is 7.59. The summed E-state index contributed by atoms with van der Waals surface area (Å²) >= 11 is 0. The Bertz CT molecular complexity index is 584. The Hall–Kier alpha value is -1.61.